The van der Waals surface area contributed by atoms with Crippen molar-refractivity contribution in [3.63, 3.8) is 0 Å². The van der Waals surface area contributed by atoms with Gasteiger partial charge in [0.1, 0.15) is 0 Å². The molecule has 0 fully saturated rings. The van der Waals surface area contributed by atoms with E-state index >= 15 is 0 Å². The van der Waals surface area contributed by atoms with Crippen molar-refractivity contribution < 1.29 is 4.79 Å². The Morgan fingerprint density at radius 3 is 2.35 bits per heavy atom. The molecule has 2 rings (SSSR count). The van der Waals surface area contributed by atoms with Gasteiger partial charge in [-0.2, -0.15) is 0 Å². The molecule has 1 nitrogen and oxygen atoms in total. The minimum atomic E-state index is -0.247. The van der Waals surface area contributed by atoms with Crippen LogP contribution >= 0.6 is 43.2 Å². The predicted octanol–water partition coefficient (Wildman–Crippen LogP) is 4.83. The highest BCUT2D eigenvalue weighted by Gasteiger charge is 2.26. The number of Topliss-reactive ketones (excluding diaryl/α,β-unsaturated/α-hetero) is 1. The molecule has 88 valence electrons. The number of hydrogen-bond acceptors (Lipinski definition) is 2. The molecule has 0 aliphatic heterocycles. The maximum absolute atomic E-state index is 12.2. The van der Waals surface area contributed by atoms with Gasteiger partial charge in [0.15, 0.2) is 5.78 Å². The van der Waals surface area contributed by atoms with E-state index in [0.29, 0.717) is 0 Å². The van der Waals surface area contributed by atoms with Crippen LogP contribution in [-0.2, 0) is 0 Å². The number of benzene rings is 1. The van der Waals surface area contributed by atoms with Crippen molar-refractivity contribution in [2.24, 2.45) is 0 Å². The van der Waals surface area contributed by atoms with Crippen molar-refractivity contribution in [3.05, 3.63) is 58.3 Å². The molecule has 17 heavy (non-hydrogen) atoms. The number of halogens is 2. The highest BCUT2D eigenvalue weighted by atomic mass is 79.9. The molecule has 0 amide bonds. The minimum absolute atomic E-state index is 0.00945. The highest BCUT2D eigenvalue weighted by Crippen LogP contribution is 2.35. The Morgan fingerprint density at radius 1 is 1.06 bits per heavy atom. The summed E-state index contributed by atoms with van der Waals surface area (Å²) in [4.78, 5) is 13.1. The lowest BCUT2D eigenvalue weighted by atomic mass is 10.1. The van der Waals surface area contributed by atoms with Gasteiger partial charge in [0.25, 0.3) is 0 Å². The van der Waals surface area contributed by atoms with Crippen molar-refractivity contribution in [2.75, 3.05) is 0 Å². The highest BCUT2D eigenvalue weighted by molar-refractivity contribution is 9.12. The maximum Gasteiger partial charge on any atom is 0.177 e. The normalized spacial score (nSPS) is 14.2. The molecule has 2 unspecified atom stereocenters. The number of carbonyl (C=O) groups excluding carboxylic acids is 1. The SMILES string of the molecule is O=C(c1ccccc1)C(Br)C(Br)c1cccs1. The molecule has 0 saturated carbocycles. The number of rotatable bonds is 4. The van der Waals surface area contributed by atoms with E-state index in [0.717, 1.165) is 10.4 Å². The van der Waals surface area contributed by atoms with Gasteiger partial charge in [0.2, 0.25) is 0 Å². The summed E-state index contributed by atoms with van der Waals surface area (Å²) in [5.74, 6) is 0.0980. The van der Waals surface area contributed by atoms with Crippen molar-refractivity contribution in [1.29, 1.82) is 0 Å². The van der Waals surface area contributed by atoms with Crippen molar-refractivity contribution in [1.82, 2.24) is 0 Å². The van der Waals surface area contributed by atoms with Crippen LogP contribution in [0.3, 0.4) is 0 Å². The third-order valence-corrected chi connectivity index (χ3v) is 6.32. The van der Waals surface area contributed by atoms with Gasteiger partial charge in [-0.3, -0.25) is 4.79 Å². The van der Waals surface area contributed by atoms with E-state index in [4.69, 9.17) is 0 Å². The molecule has 0 aliphatic carbocycles. The zero-order valence-electron chi connectivity index (χ0n) is 8.85. The Balaban J connectivity index is 2.16. The summed E-state index contributed by atoms with van der Waals surface area (Å²) in [5, 5.41) is 2.01. The van der Waals surface area contributed by atoms with E-state index in [1.54, 1.807) is 11.3 Å². The van der Waals surface area contributed by atoms with Crippen LogP contribution in [0.2, 0.25) is 0 Å². The topological polar surface area (TPSA) is 17.1 Å². The number of hydrogen-bond donors (Lipinski definition) is 0. The second-order valence-corrected chi connectivity index (χ2v) is 6.50. The fraction of sp³-hybridized carbons (Fsp3) is 0.154. The van der Waals surface area contributed by atoms with Crippen LogP contribution in [0.25, 0.3) is 0 Å². The molecule has 0 saturated heterocycles. The molecule has 0 bridgehead atoms. The molecule has 0 spiro atoms. The van der Waals surface area contributed by atoms with Gasteiger partial charge in [0, 0.05) is 10.4 Å². The molecule has 2 atom stereocenters. The van der Waals surface area contributed by atoms with Gasteiger partial charge in [-0.1, -0.05) is 68.3 Å². The van der Waals surface area contributed by atoms with Crippen LogP contribution < -0.4 is 0 Å². The summed E-state index contributed by atoms with van der Waals surface area (Å²) < 4.78 is 0. The molecule has 1 heterocycles. The third kappa shape index (κ3) is 3.06. The summed E-state index contributed by atoms with van der Waals surface area (Å²) in [6.07, 6.45) is 0. The van der Waals surface area contributed by atoms with Crippen molar-refractivity contribution in [3.8, 4) is 0 Å². The quantitative estimate of drug-likeness (QED) is 0.554. The van der Waals surface area contributed by atoms with E-state index in [2.05, 4.69) is 31.9 Å². The second kappa shape index (κ2) is 5.94. The lowest BCUT2D eigenvalue weighted by Crippen LogP contribution is -2.18. The fourth-order valence-electron chi connectivity index (χ4n) is 1.49. The van der Waals surface area contributed by atoms with Gasteiger partial charge in [-0.05, 0) is 11.4 Å². The fourth-order valence-corrected chi connectivity index (χ4v) is 3.66. The van der Waals surface area contributed by atoms with Crippen LogP contribution in [0, 0.1) is 0 Å². The number of ketones is 1. The number of alkyl halides is 2. The van der Waals surface area contributed by atoms with E-state index in [1.807, 2.05) is 47.8 Å². The van der Waals surface area contributed by atoms with Gasteiger partial charge >= 0.3 is 0 Å². The summed E-state index contributed by atoms with van der Waals surface area (Å²) in [5.41, 5.74) is 0.732. The summed E-state index contributed by atoms with van der Waals surface area (Å²) in [6.45, 7) is 0. The third-order valence-electron chi connectivity index (χ3n) is 2.38. The first-order valence-electron chi connectivity index (χ1n) is 5.11. The Labute approximate surface area is 121 Å². The van der Waals surface area contributed by atoms with Crippen molar-refractivity contribution >= 4 is 49.0 Å². The lowest BCUT2D eigenvalue weighted by molar-refractivity contribution is 0.0991. The standard InChI is InChI=1S/C13H10Br2OS/c14-11(10-7-4-8-17-10)12(15)13(16)9-5-2-1-3-6-9/h1-8,11-12H. The smallest absolute Gasteiger partial charge is 0.177 e. The second-order valence-electron chi connectivity index (χ2n) is 3.55. The zero-order chi connectivity index (χ0) is 12.3. The maximum atomic E-state index is 12.2. The van der Waals surface area contributed by atoms with E-state index in [9.17, 15) is 4.79 Å². The predicted molar refractivity (Wildman–Crippen MR) is 79.5 cm³/mol. The Kier molecular flexibility index (Phi) is 4.54. The number of carbonyl (C=O) groups is 1. The first kappa shape index (κ1) is 13.0. The lowest BCUT2D eigenvalue weighted by Gasteiger charge is -2.14. The Morgan fingerprint density at radius 2 is 1.76 bits per heavy atom. The minimum Gasteiger partial charge on any atom is -0.293 e. The largest absolute Gasteiger partial charge is 0.293 e. The zero-order valence-corrected chi connectivity index (χ0v) is 12.8. The first-order chi connectivity index (χ1) is 8.20. The number of thiophene rings is 1. The summed E-state index contributed by atoms with van der Waals surface area (Å²) >= 11 is 8.69. The van der Waals surface area contributed by atoms with Gasteiger partial charge in [-0.15, -0.1) is 11.3 Å². The molecule has 1 aromatic heterocycles. The monoisotopic (exact) mass is 372 g/mol. The van der Waals surface area contributed by atoms with Crippen LogP contribution in [0.15, 0.2) is 47.8 Å². The van der Waals surface area contributed by atoms with E-state index in [-0.39, 0.29) is 15.4 Å². The van der Waals surface area contributed by atoms with E-state index in [1.165, 1.54) is 0 Å². The van der Waals surface area contributed by atoms with Gasteiger partial charge in [-0.25, -0.2) is 0 Å². The van der Waals surface area contributed by atoms with Gasteiger partial charge in [0.05, 0.1) is 9.65 Å². The molecule has 4 heteroatoms. The Hall–Kier alpha value is -0.450. The van der Waals surface area contributed by atoms with Crippen molar-refractivity contribution in [2.45, 2.75) is 9.65 Å². The average Bonchev–Trinajstić information content (AvgIpc) is 2.91. The summed E-state index contributed by atoms with van der Waals surface area (Å²) in [6, 6.07) is 13.3. The average molecular weight is 374 g/mol. The van der Waals surface area contributed by atoms with Crippen LogP contribution in [0.5, 0.6) is 0 Å². The van der Waals surface area contributed by atoms with Gasteiger partial charge < -0.3 is 0 Å². The molecule has 0 aliphatic rings. The van der Waals surface area contributed by atoms with Crippen LogP contribution in [0.1, 0.15) is 20.1 Å². The summed E-state index contributed by atoms with van der Waals surface area (Å²) in [7, 11) is 0. The van der Waals surface area contributed by atoms with Crippen LogP contribution in [0.4, 0.5) is 0 Å². The van der Waals surface area contributed by atoms with E-state index < -0.39 is 0 Å². The molecular formula is C13H10Br2OS. The molecule has 0 radical (unpaired) electrons. The molecule has 1 aromatic carbocycles. The Bertz CT molecular complexity index is 481. The van der Waals surface area contributed by atoms with Crippen LogP contribution in [-0.4, -0.2) is 10.6 Å². The molecule has 2 aromatic rings. The first-order valence-corrected chi connectivity index (χ1v) is 7.82. The molecule has 0 N–H and O–H groups in total. The molecular weight excluding hydrogens is 364 g/mol.